The molecule has 1 fully saturated rings. The molecule has 0 bridgehead atoms. The molecule has 2 heterocycles. The topological polar surface area (TPSA) is 47.0 Å². The molecular weight excluding hydrogens is 283 g/mol. The SMILES string of the molecule is FC(F)(F)c1ccnc(Oc2ccc(C3CNC3)cc2)n1. The monoisotopic (exact) mass is 295 g/mol. The van der Waals surface area contributed by atoms with Crippen LogP contribution in [0.5, 0.6) is 11.8 Å². The summed E-state index contributed by atoms with van der Waals surface area (Å²) in [4.78, 5) is 7.05. The van der Waals surface area contributed by atoms with Crippen LogP contribution >= 0.6 is 0 Å². The van der Waals surface area contributed by atoms with Gasteiger partial charge in [0.15, 0.2) is 5.69 Å². The van der Waals surface area contributed by atoms with Crippen molar-refractivity contribution < 1.29 is 17.9 Å². The van der Waals surface area contributed by atoms with Gasteiger partial charge in [-0.25, -0.2) is 4.98 Å². The Labute approximate surface area is 119 Å². The van der Waals surface area contributed by atoms with Crippen LogP contribution in [0.2, 0.25) is 0 Å². The van der Waals surface area contributed by atoms with E-state index in [1.165, 1.54) is 5.56 Å². The molecule has 1 saturated heterocycles. The van der Waals surface area contributed by atoms with Gasteiger partial charge >= 0.3 is 12.2 Å². The molecular formula is C14H12F3N3O. The molecule has 4 nitrogen and oxygen atoms in total. The van der Waals surface area contributed by atoms with E-state index in [-0.39, 0.29) is 6.01 Å². The van der Waals surface area contributed by atoms with Crippen LogP contribution in [0.3, 0.4) is 0 Å². The van der Waals surface area contributed by atoms with Crippen LogP contribution in [0.1, 0.15) is 17.2 Å². The van der Waals surface area contributed by atoms with Crippen molar-refractivity contribution in [2.24, 2.45) is 0 Å². The van der Waals surface area contributed by atoms with E-state index in [1.54, 1.807) is 12.1 Å². The van der Waals surface area contributed by atoms with E-state index in [2.05, 4.69) is 15.3 Å². The third-order valence-electron chi connectivity index (χ3n) is 3.27. The van der Waals surface area contributed by atoms with E-state index in [0.717, 1.165) is 25.4 Å². The first-order valence-electron chi connectivity index (χ1n) is 6.41. The second-order valence-electron chi connectivity index (χ2n) is 4.75. The van der Waals surface area contributed by atoms with Gasteiger partial charge in [0.1, 0.15) is 5.75 Å². The van der Waals surface area contributed by atoms with Crippen molar-refractivity contribution in [3.05, 3.63) is 47.8 Å². The summed E-state index contributed by atoms with van der Waals surface area (Å²) in [6, 6.07) is 7.69. The van der Waals surface area contributed by atoms with Crippen LogP contribution in [0.25, 0.3) is 0 Å². The van der Waals surface area contributed by atoms with E-state index < -0.39 is 11.9 Å². The lowest BCUT2D eigenvalue weighted by atomic mass is 9.94. The smallest absolute Gasteiger partial charge is 0.424 e. The molecule has 1 aliphatic heterocycles. The van der Waals surface area contributed by atoms with E-state index in [4.69, 9.17) is 4.74 Å². The molecule has 110 valence electrons. The minimum atomic E-state index is -4.51. The standard InChI is InChI=1S/C14H12F3N3O/c15-14(16,17)12-5-6-19-13(20-12)21-11-3-1-9(2-4-11)10-7-18-8-10/h1-6,10,18H,7-8H2. The Morgan fingerprint density at radius 1 is 1.10 bits per heavy atom. The summed E-state index contributed by atoms with van der Waals surface area (Å²) >= 11 is 0. The molecule has 3 rings (SSSR count). The van der Waals surface area contributed by atoms with Gasteiger partial charge in [-0.1, -0.05) is 12.1 Å². The number of ether oxygens (including phenoxy) is 1. The lowest BCUT2D eigenvalue weighted by Gasteiger charge is -2.27. The maximum atomic E-state index is 12.5. The fourth-order valence-electron chi connectivity index (χ4n) is 1.99. The third-order valence-corrected chi connectivity index (χ3v) is 3.27. The van der Waals surface area contributed by atoms with Gasteiger partial charge in [0, 0.05) is 25.2 Å². The lowest BCUT2D eigenvalue weighted by Crippen LogP contribution is -2.39. The third kappa shape index (κ3) is 3.13. The normalized spacial score (nSPS) is 15.6. The van der Waals surface area contributed by atoms with Crippen LogP contribution in [-0.2, 0) is 6.18 Å². The Bertz CT molecular complexity index is 624. The fraction of sp³-hybridized carbons (Fsp3) is 0.286. The molecule has 0 unspecified atom stereocenters. The summed E-state index contributed by atoms with van der Waals surface area (Å²) in [5, 5.41) is 3.18. The Morgan fingerprint density at radius 3 is 2.38 bits per heavy atom. The van der Waals surface area contributed by atoms with Gasteiger partial charge in [-0.15, -0.1) is 0 Å². The maximum Gasteiger partial charge on any atom is 0.433 e. The second kappa shape index (κ2) is 5.33. The van der Waals surface area contributed by atoms with Crippen LogP contribution in [0.15, 0.2) is 36.5 Å². The van der Waals surface area contributed by atoms with Crippen molar-refractivity contribution >= 4 is 0 Å². The fourth-order valence-corrected chi connectivity index (χ4v) is 1.99. The molecule has 1 aliphatic rings. The number of halogens is 3. The Morgan fingerprint density at radius 2 is 1.81 bits per heavy atom. The van der Waals surface area contributed by atoms with E-state index in [9.17, 15) is 13.2 Å². The number of hydrogen-bond acceptors (Lipinski definition) is 4. The van der Waals surface area contributed by atoms with Gasteiger partial charge < -0.3 is 10.1 Å². The highest BCUT2D eigenvalue weighted by Gasteiger charge is 2.33. The van der Waals surface area contributed by atoms with Gasteiger partial charge in [-0.2, -0.15) is 18.2 Å². The van der Waals surface area contributed by atoms with Crippen LogP contribution in [0.4, 0.5) is 13.2 Å². The average molecular weight is 295 g/mol. The van der Waals surface area contributed by atoms with E-state index in [0.29, 0.717) is 11.7 Å². The molecule has 0 saturated carbocycles. The Hall–Kier alpha value is -2.15. The number of nitrogens with one attached hydrogen (secondary N) is 1. The Kier molecular flexibility index (Phi) is 3.50. The van der Waals surface area contributed by atoms with Crippen molar-refractivity contribution in [1.29, 1.82) is 0 Å². The average Bonchev–Trinajstić information content (AvgIpc) is 2.38. The van der Waals surface area contributed by atoms with Crippen LogP contribution in [-0.4, -0.2) is 23.1 Å². The number of nitrogens with zero attached hydrogens (tertiary/aromatic N) is 2. The predicted octanol–water partition coefficient (Wildman–Crippen LogP) is 2.97. The number of alkyl halides is 3. The number of benzene rings is 1. The van der Waals surface area contributed by atoms with Gasteiger partial charge in [0.25, 0.3) is 0 Å². The molecule has 1 aromatic carbocycles. The molecule has 21 heavy (non-hydrogen) atoms. The largest absolute Gasteiger partial charge is 0.433 e. The highest BCUT2D eigenvalue weighted by Crippen LogP contribution is 2.29. The summed E-state index contributed by atoms with van der Waals surface area (Å²) in [5.74, 6) is 0.897. The van der Waals surface area contributed by atoms with Crippen LogP contribution < -0.4 is 10.1 Å². The first-order valence-corrected chi connectivity index (χ1v) is 6.41. The number of rotatable bonds is 3. The molecule has 0 aliphatic carbocycles. The maximum absolute atomic E-state index is 12.5. The summed E-state index contributed by atoms with van der Waals surface area (Å²) in [6.07, 6.45) is -3.48. The second-order valence-corrected chi connectivity index (χ2v) is 4.75. The molecule has 0 spiro atoms. The minimum Gasteiger partial charge on any atom is -0.424 e. The highest BCUT2D eigenvalue weighted by molar-refractivity contribution is 5.32. The quantitative estimate of drug-likeness (QED) is 0.945. The van der Waals surface area contributed by atoms with Gasteiger partial charge in [0.2, 0.25) is 0 Å². The zero-order valence-electron chi connectivity index (χ0n) is 10.9. The first kappa shape index (κ1) is 13.8. The molecule has 2 aromatic rings. The number of hydrogen-bond donors (Lipinski definition) is 1. The van der Waals surface area contributed by atoms with E-state index >= 15 is 0 Å². The van der Waals surface area contributed by atoms with Crippen molar-refractivity contribution in [3.8, 4) is 11.8 Å². The van der Waals surface area contributed by atoms with Crippen LogP contribution in [0, 0.1) is 0 Å². The summed E-state index contributed by atoms with van der Waals surface area (Å²) < 4.78 is 42.9. The molecule has 0 atom stereocenters. The molecule has 1 aromatic heterocycles. The first-order chi connectivity index (χ1) is 10.0. The predicted molar refractivity (Wildman–Crippen MR) is 69.2 cm³/mol. The zero-order chi connectivity index (χ0) is 14.9. The molecule has 0 amide bonds. The minimum absolute atomic E-state index is 0.317. The van der Waals surface area contributed by atoms with Crippen molar-refractivity contribution in [3.63, 3.8) is 0 Å². The van der Waals surface area contributed by atoms with Gasteiger partial charge in [-0.3, -0.25) is 0 Å². The van der Waals surface area contributed by atoms with Gasteiger partial charge in [-0.05, 0) is 23.8 Å². The Balaban J connectivity index is 1.74. The molecule has 7 heteroatoms. The summed E-state index contributed by atoms with van der Waals surface area (Å²) in [6.45, 7) is 1.88. The highest BCUT2D eigenvalue weighted by atomic mass is 19.4. The van der Waals surface area contributed by atoms with Crippen molar-refractivity contribution in [2.45, 2.75) is 12.1 Å². The molecule has 1 N–H and O–H groups in total. The molecule has 0 radical (unpaired) electrons. The lowest BCUT2D eigenvalue weighted by molar-refractivity contribution is -0.141. The summed E-state index contributed by atoms with van der Waals surface area (Å²) in [5.41, 5.74) is 0.149. The number of aromatic nitrogens is 2. The van der Waals surface area contributed by atoms with Crippen molar-refractivity contribution in [1.82, 2.24) is 15.3 Å². The summed E-state index contributed by atoms with van der Waals surface area (Å²) in [7, 11) is 0. The van der Waals surface area contributed by atoms with Crippen molar-refractivity contribution in [2.75, 3.05) is 13.1 Å². The van der Waals surface area contributed by atoms with Gasteiger partial charge in [0.05, 0.1) is 0 Å². The van der Waals surface area contributed by atoms with E-state index in [1.807, 2.05) is 12.1 Å². The zero-order valence-corrected chi connectivity index (χ0v) is 10.9.